The van der Waals surface area contributed by atoms with Crippen molar-refractivity contribution in [1.29, 1.82) is 0 Å². The number of alkyl halides is 3. The average molecular weight is 385 g/mol. The number of allylic oxidation sites excluding steroid dienone is 1. The van der Waals surface area contributed by atoms with Gasteiger partial charge < -0.3 is 14.8 Å². The topological polar surface area (TPSA) is 64.6 Å². The van der Waals surface area contributed by atoms with E-state index in [2.05, 4.69) is 5.32 Å². The molecule has 8 heteroatoms. The standard InChI is InChI=1S/C19H22F3NO4/c1-11(2)26-8-9-27-18(25)17-12(3)23-16(24)10-14(17)13-6-4-5-7-15(13)19(20,21)22/h4-7,11,14H,8-10H2,1-3H3,(H,23,24)/t14-/m0/s1. The summed E-state index contributed by atoms with van der Waals surface area (Å²) in [6, 6.07) is 4.95. The number of nitrogens with one attached hydrogen (secondary N) is 1. The second kappa shape index (κ2) is 8.56. The number of ether oxygens (including phenoxy) is 2. The molecule has 1 aliphatic rings. The van der Waals surface area contributed by atoms with E-state index >= 15 is 0 Å². The average Bonchev–Trinajstić information content (AvgIpc) is 2.57. The zero-order chi connectivity index (χ0) is 20.2. The van der Waals surface area contributed by atoms with Crippen molar-refractivity contribution in [3.8, 4) is 0 Å². The van der Waals surface area contributed by atoms with Crippen LogP contribution in [0.2, 0.25) is 0 Å². The Morgan fingerprint density at radius 1 is 1.26 bits per heavy atom. The summed E-state index contributed by atoms with van der Waals surface area (Å²) in [6.45, 7) is 5.27. The first kappa shape index (κ1) is 21.0. The van der Waals surface area contributed by atoms with E-state index in [9.17, 15) is 22.8 Å². The molecule has 1 amide bonds. The van der Waals surface area contributed by atoms with Crippen LogP contribution in [0.5, 0.6) is 0 Å². The summed E-state index contributed by atoms with van der Waals surface area (Å²) < 4.78 is 50.6. The van der Waals surface area contributed by atoms with Gasteiger partial charge in [0.2, 0.25) is 5.91 Å². The second-order valence-corrected chi connectivity index (χ2v) is 6.48. The quantitative estimate of drug-likeness (QED) is 0.601. The van der Waals surface area contributed by atoms with Gasteiger partial charge in [-0.1, -0.05) is 18.2 Å². The van der Waals surface area contributed by atoms with E-state index in [1.165, 1.54) is 25.1 Å². The van der Waals surface area contributed by atoms with Gasteiger partial charge >= 0.3 is 12.1 Å². The lowest BCUT2D eigenvalue weighted by molar-refractivity contribution is -0.143. The molecule has 0 spiro atoms. The SMILES string of the molecule is CC1=C(C(=O)OCCOC(C)C)[C@H](c2ccccc2C(F)(F)F)CC(=O)N1. The summed E-state index contributed by atoms with van der Waals surface area (Å²) in [7, 11) is 0. The van der Waals surface area contributed by atoms with Crippen molar-refractivity contribution in [3.63, 3.8) is 0 Å². The van der Waals surface area contributed by atoms with Gasteiger partial charge in [-0.05, 0) is 32.4 Å². The molecule has 0 aromatic heterocycles. The molecule has 0 unspecified atom stereocenters. The molecule has 0 bridgehead atoms. The third-order valence-electron chi connectivity index (χ3n) is 4.10. The number of hydrogen-bond acceptors (Lipinski definition) is 4. The zero-order valence-electron chi connectivity index (χ0n) is 15.4. The number of carbonyl (C=O) groups is 2. The lowest BCUT2D eigenvalue weighted by atomic mass is 9.82. The number of esters is 1. The number of halogens is 3. The van der Waals surface area contributed by atoms with Crippen LogP contribution in [0.4, 0.5) is 13.2 Å². The number of benzene rings is 1. The van der Waals surface area contributed by atoms with E-state index in [0.717, 1.165) is 6.07 Å². The van der Waals surface area contributed by atoms with Crippen LogP contribution in [-0.2, 0) is 25.2 Å². The molecule has 27 heavy (non-hydrogen) atoms. The highest BCUT2D eigenvalue weighted by atomic mass is 19.4. The van der Waals surface area contributed by atoms with Crippen molar-refractivity contribution in [2.75, 3.05) is 13.2 Å². The molecule has 0 radical (unpaired) electrons. The maximum absolute atomic E-state index is 13.4. The predicted octanol–water partition coefficient (Wildman–Crippen LogP) is 3.55. The minimum Gasteiger partial charge on any atom is -0.460 e. The van der Waals surface area contributed by atoms with Crippen LogP contribution in [0.15, 0.2) is 35.5 Å². The molecule has 1 N–H and O–H groups in total. The summed E-state index contributed by atoms with van der Waals surface area (Å²) in [5.74, 6) is -2.24. The van der Waals surface area contributed by atoms with Crippen LogP contribution in [0.3, 0.4) is 0 Å². The smallest absolute Gasteiger partial charge is 0.416 e. The molecule has 5 nitrogen and oxygen atoms in total. The van der Waals surface area contributed by atoms with E-state index in [-0.39, 0.29) is 42.6 Å². The Morgan fingerprint density at radius 3 is 2.56 bits per heavy atom. The zero-order valence-corrected chi connectivity index (χ0v) is 15.4. The lowest BCUT2D eigenvalue weighted by Crippen LogP contribution is -2.35. The molecule has 0 fully saturated rings. The van der Waals surface area contributed by atoms with Crippen molar-refractivity contribution in [2.45, 2.75) is 45.4 Å². The van der Waals surface area contributed by atoms with Gasteiger partial charge in [0.1, 0.15) is 6.61 Å². The molecular weight excluding hydrogens is 363 g/mol. The van der Waals surface area contributed by atoms with Crippen LogP contribution in [0.25, 0.3) is 0 Å². The molecule has 1 aromatic carbocycles. The van der Waals surface area contributed by atoms with Gasteiger partial charge in [-0.3, -0.25) is 4.79 Å². The number of rotatable bonds is 6. The van der Waals surface area contributed by atoms with E-state index in [0.29, 0.717) is 0 Å². The minimum absolute atomic E-state index is 0.0239. The van der Waals surface area contributed by atoms with Crippen LogP contribution in [-0.4, -0.2) is 31.2 Å². The van der Waals surface area contributed by atoms with Gasteiger partial charge in [0.15, 0.2) is 0 Å². The van der Waals surface area contributed by atoms with Gasteiger partial charge in [-0.15, -0.1) is 0 Å². The molecule has 1 atom stereocenters. The Hall–Kier alpha value is -2.35. The number of amides is 1. The Labute approximate surface area is 155 Å². The fourth-order valence-electron chi connectivity index (χ4n) is 2.99. The van der Waals surface area contributed by atoms with Crippen molar-refractivity contribution < 1.29 is 32.2 Å². The lowest BCUT2D eigenvalue weighted by Gasteiger charge is -2.28. The Kier molecular flexibility index (Phi) is 6.64. The second-order valence-electron chi connectivity index (χ2n) is 6.48. The van der Waals surface area contributed by atoms with Crippen LogP contribution < -0.4 is 5.32 Å². The van der Waals surface area contributed by atoms with Gasteiger partial charge in [0.05, 0.1) is 23.8 Å². The fraction of sp³-hybridized carbons (Fsp3) is 0.474. The number of hydrogen-bond donors (Lipinski definition) is 1. The Bertz CT molecular complexity index is 741. The highest BCUT2D eigenvalue weighted by Crippen LogP contribution is 2.41. The summed E-state index contributed by atoms with van der Waals surface area (Å²) >= 11 is 0. The molecular formula is C19H22F3NO4. The van der Waals surface area contributed by atoms with Crippen molar-refractivity contribution in [3.05, 3.63) is 46.7 Å². The van der Waals surface area contributed by atoms with Gasteiger partial charge in [0.25, 0.3) is 0 Å². The predicted molar refractivity (Wildman–Crippen MR) is 91.7 cm³/mol. The molecule has 0 saturated carbocycles. The van der Waals surface area contributed by atoms with Crippen LogP contribution >= 0.6 is 0 Å². The largest absolute Gasteiger partial charge is 0.460 e. The molecule has 0 saturated heterocycles. The molecule has 2 rings (SSSR count). The van der Waals surface area contributed by atoms with Crippen LogP contribution in [0.1, 0.15) is 44.2 Å². The first-order valence-electron chi connectivity index (χ1n) is 8.56. The highest BCUT2D eigenvalue weighted by molar-refractivity contribution is 5.95. The Morgan fingerprint density at radius 2 is 1.93 bits per heavy atom. The maximum Gasteiger partial charge on any atom is 0.416 e. The normalized spacial score (nSPS) is 17.9. The van der Waals surface area contributed by atoms with E-state index in [1.807, 2.05) is 13.8 Å². The molecule has 1 aliphatic heterocycles. The monoisotopic (exact) mass is 385 g/mol. The first-order chi connectivity index (χ1) is 12.6. The van der Waals surface area contributed by atoms with E-state index < -0.39 is 29.5 Å². The summed E-state index contributed by atoms with van der Waals surface area (Å²) in [4.78, 5) is 24.5. The summed E-state index contributed by atoms with van der Waals surface area (Å²) in [5.41, 5.74) is -0.769. The third-order valence-corrected chi connectivity index (χ3v) is 4.10. The molecule has 0 aliphatic carbocycles. The van der Waals surface area contributed by atoms with Gasteiger partial charge in [-0.25, -0.2) is 4.79 Å². The van der Waals surface area contributed by atoms with E-state index in [1.54, 1.807) is 0 Å². The Balaban J connectivity index is 2.33. The van der Waals surface area contributed by atoms with Crippen molar-refractivity contribution >= 4 is 11.9 Å². The molecule has 1 heterocycles. The maximum atomic E-state index is 13.4. The van der Waals surface area contributed by atoms with Gasteiger partial charge in [-0.2, -0.15) is 13.2 Å². The van der Waals surface area contributed by atoms with Crippen molar-refractivity contribution in [1.82, 2.24) is 5.32 Å². The third kappa shape index (κ3) is 5.32. The summed E-state index contributed by atoms with van der Waals surface area (Å²) in [6.07, 6.45) is -4.90. The first-order valence-corrected chi connectivity index (χ1v) is 8.56. The highest BCUT2D eigenvalue weighted by Gasteiger charge is 2.39. The fourth-order valence-corrected chi connectivity index (χ4v) is 2.99. The van der Waals surface area contributed by atoms with E-state index in [4.69, 9.17) is 9.47 Å². The molecule has 148 valence electrons. The minimum atomic E-state index is -4.60. The van der Waals surface area contributed by atoms with Crippen LogP contribution in [0, 0.1) is 0 Å². The van der Waals surface area contributed by atoms with Crippen molar-refractivity contribution in [2.24, 2.45) is 0 Å². The number of carbonyl (C=O) groups excluding carboxylic acids is 2. The molecule has 1 aromatic rings. The van der Waals surface area contributed by atoms with Gasteiger partial charge in [0, 0.05) is 18.0 Å². The summed E-state index contributed by atoms with van der Waals surface area (Å²) in [5, 5.41) is 2.50.